The Bertz CT molecular complexity index is 1320. The maximum Gasteiger partial charge on any atom is 0.205 e. The molecule has 0 saturated carbocycles. The van der Waals surface area contributed by atoms with Crippen LogP contribution in [0.15, 0.2) is 54.9 Å². The molecule has 8 heteroatoms. The number of para-hydroxylation sites is 2. The molecule has 1 aliphatic rings. The fourth-order valence-electron chi connectivity index (χ4n) is 4.03. The van der Waals surface area contributed by atoms with Crippen LogP contribution in [0.1, 0.15) is 17.0 Å². The number of rotatable bonds is 4. The number of hydrogen-bond acceptors (Lipinski definition) is 6. The van der Waals surface area contributed by atoms with E-state index in [1.807, 2.05) is 24.3 Å². The van der Waals surface area contributed by atoms with Crippen molar-refractivity contribution in [3.8, 4) is 0 Å². The second kappa shape index (κ2) is 6.84. The molecule has 0 amide bonds. The van der Waals surface area contributed by atoms with Gasteiger partial charge in [0.05, 0.1) is 17.6 Å². The Balaban J connectivity index is 1.26. The van der Waals surface area contributed by atoms with E-state index in [9.17, 15) is 0 Å². The molecule has 0 saturated heterocycles. The predicted molar refractivity (Wildman–Crippen MR) is 116 cm³/mol. The molecule has 0 fully saturated rings. The lowest BCUT2D eigenvalue weighted by Crippen LogP contribution is -2.31. The largest absolute Gasteiger partial charge is 0.361 e. The number of hydrogen-bond donors (Lipinski definition) is 3. The van der Waals surface area contributed by atoms with Crippen LogP contribution in [0.3, 0.4) is 0 Å². The SMILES string of the molecule is c1ccc2c(c1)CCN(c1nc3ncnc(NCc4nc5ccccc5[nH]4)c3[nH]1)C2. The smallest absolute Gasteiger partial charge is 0.205 e. The minimum absolute atomic E-state index is 0.534. The molecule has 3 N–H and O–H groups in total. The number of H-pyrrole nitrogens is 2. The van der Waals surface area contributed by atoms with E-state index in [1.54, 1.807) is 6.33 Å². The van der Waals surface area contributed by atoms with Gasteiger partial charge in [0, 0.05) is 13.1 Å². The summed E-state index contributed by atoms with van der Waals surface area (Å²) < 4.78 is 0. The van der Waals surface area contributed by atoms with E-state index in [0.29, 0.717) is 12.2 Å². The third-order valence-electron chi connectivity index (χ3n) is 5.57. The number of aromatic amines is 2. The van der Waals surface area contributed by atoms with Crippen molar-refractivity contribution in [2.75, 3.05) is 16.8 Å². The fourth-order valence-corrected chi connectivity index (χ4v) is 4.03. The fraction of sp³-hybridized carbons (Fsp3) is 0.182. The summed E-state index contributed by atoms with van der Waals surface area (Å²) in [5.74, 6) is 2.40. The zero-order chi connectivity index (χ0) is 19.9. The predicted octanol–water partition coefficient (Wildman–Crippen LogP) is 3.40. The van der Waals surface area contributed by atoms with Gasteiger partial charge in [0.2, 0.25) is 5.95 Å². The molecule has 2 aromatic carbocycles. The summed E-state index contributed by atoms with van der Waals surface area (Å²) in [7, 11) is 0. The van der Waals surface area contributed by atoms with Gasteiger partial charge in [-0.05, 0) is 29.7 Å². The first-order valence-corrected chi connectivity index (χ1v) is 10.0. The number of anilines is 2. The van der Waals surface area contributed by atoms with E-state index in [1.165, 1.54) is 11.1 Å². The van der Waals surface area contributed by atoms with Crippen LogP contribution in [0.5, 0.6) is 0 Å². The molecular formula is C22H20N8. The summed E-state index contributed by atoms with van der Waals surface area (Å²) in [5, 5.41) is 3.36. The number of nitrogens with zero attached hydrogens (tertiary/aromatic N) is 5. The summed E-state index contributed by atoms with van der Waals surface area (Å²) in [6.07, 6.45) is 2.55. The molecule has 148 valence electrons. The van der Waals surface area contributed by atoms with Gasteiger partial charge in [0.15, 0.2) is 11.5 Å². The molecule has 0 bridgehead atoms. The number of imidazole rings is 2. The minimum Gasteiger partial charge on any atom is -0.361 e. The molecule has 30 heavy (non-hydrogen) atoms. The number of fused-ring (bicyclic) bond motifs is 3. The lowest BCUT2D eigenvalue weighted by Gasteiger charge is -2.28. The molecule has 0 radical (unpaired) electrons. The highest BCUT2D eigenvalue weighted by molar-refractivity contribution is 5.84. The molecule has 8 nitrogen and oxygen atoms in total. The van der Waals surface area contributed by atoms with Gasteiger partial charge >= 0.3 is 0 Å². The van der Waals surface area contributed by atoms with Crippen LogP contribution in [0, 0.1) is 0 Å². The summed E-state index contributed by atoms with van der Waals surface area (Å²) in [6.45, 7) is 2.30. The van der Waals surface area contributed by atoms with E-state index in [4.69, 9.17) is 4.98 Å². The highest BCUT2D eigenvalue weighted by Gasteiger charge is 2.20. The Hall–Kier alpha value is -3.94. The van der Waals surface area contributed by atoms with Gasteiger partial charge in [-0.25, -0.2) is 15.0 Å². The molecule has 0 aliphatic carbocycles. The first-order valence-electron chi connectivity index (χ1n) is 10.0. The second-order valence-electron chi connectivity index (χ2n) is 7.48. The molecule has 0 atom stereocenters. The lowest BCUT2D eigenvalue weighted by atomic mass is 10.0. The topological polar surface area (TPSA) is 98.4 Å². The van der Waals surface area contributed by atoms with Crippen molar-refractivity contribution in [2.45, 2.75) is 19.5 Å². The van der Waals surface area contributed by atoms with Crippen LogP contribution in [-0.2, 0) is 19.5 Å². The molecule has 3 aromatic heterocycles. The van der Waals surface area contributed by atoms with Gasteiger partial charge in [-0.15, -0.1) is 0 Å². The third-order valence-corrected chi connectivity index (χ3v) is 5.57. The van der Waals surface area contributed by atoms with E-state index < -0.39 is 0 Å². The van der Waals surface area contributed by atoms with Gasteiger partial charge in [0.1, 0.15) is 17.7 Å². The zero-order valence-corrected chi connectivity index (χ0v) is 16.3. The Morgan fingerprint density at radius 3 is 2.73 bits per heavy atom. The summed E-state index contributed by atoms with van der Waals surface area (Å²) >= 11 is 0. The second-order valence-corrected chi connectivity index (χ2v) is 7.48. The van der Waals surface area contributed by atoms with Crippen LogP contribution >= 0.6 is 0 Å². The normalized spacial score (nSPS) is 13.7. The first kappa shape index (κ1) is 17.0. The van der Waals surface area contributed by atoms with Crippen molar-refractivity contribution in [2.24, 2.45) is 0 Å². The van der Waals surface area contributed by atoms with Gasteiger partial charge in [-0.2, -0.15) is 4.98 Å². The molecular weight excluding hydrogens is 376 g/mol. The maximum atomic E-state index is 4.72. The Labute approximate surface area is 172 Å². The van der Waals surface area contributed by atoms with Crippen LogP contribution in [-0.4, -0.2) is 36.4 Å². The van der Waals surface area contributed by atoms with E-state index >= 15 is 0 Å². The Kier molecular flexibility index (Phi) is 3.87. The Morgan fingerprint density at radius 2 is 1.80 bits per heavy atom. The quantitative estimate of drug-likeness (QED) is 0.431. The van der Waals surface area contributed by atoms with E-state index in [0.717, 1.165) is 53.7 Å². The van der Waals surface area contributed by atoms with Gasteiger partial charge in [0.25, 0.3) is 0 Å². The van der Waals surface area contributed by atoms with Crippen molar-refractivity contribution in [1.29, 1.82) is 0 Å². The average molecular weight is 396 g/mol. The summed E-state index contributed by atoms with van der Waals surface area (Å²) in [6, 6.07) is 16.6. The first-order chi connectivity index (χ1) is 14.8. The molecule has 0 spiro atoms. The van der Waals surface area contributed by atoms with Gasteiger partial charge in [-0.1, -0.05) is 36.4 Å². The molecule has 4 heterocycles. The minimum atomic E-state index is 0.534. The zero-order valence-electron chi connectivity index (χ0n) is 16.3. The average Bonchev–Trinajstić information content (AvgIpc) is 3.41. The Morgan fingerprint density at radius 1 is 0.933 bits per heavy atom. The molecule has 0 unspecified atom stereocenters. The highest BCUT2D eigenvalue weighted by Crippen LogP contribution is 2.26. The van der Waals surface area contributed by atoms with Crippen molar-refractivity contribution in [3.63, 3.8) is 0 Å². The lowest BCUT2D eigenvalue weighted by molar-refractivity contribution is 0.714. The van der Waals surface area contributed by atoms with Crippen molar-refractivity contribution >= 4 is 34.0 Å². The van der Waals surface area contributed by atoms with E-state index in [-0.39, 0.29) is 0 Å². The molecule has 5 aromatic rings. The van der Waals surface area contributed by atoms with Crippen molar-refractivity contribution < 1.29 is 0 Å². The van der Waals surface area contributed by atoms with Crippen LogP contribution in [0.4, 0.5) is 11.8 Å². The highest BCUT2D eigenvalue weighted by atomic mass is 15.3. The van der Waals surface area contributed by atoms with Crippen LogP contribution in [0.2, 0.25) is 0 Å². The number of aromatic nitrogens is 6. The van der Waals surface area contributed by atoms with Crippen molar-refractivity contribution in [1.82, 2.24) is 29.9 Å². The van der Waals surface area contributed by atoms with Crippen LogP contribution < -0.4 is 10.2 Å². The van der Waals surface area contributed by atoms with Gasteiger partial charge < -0.3 is 20.2 Å². The molecule has 6 rings (SSSR count). The molecule has 1 aliphatic heterocycles. The number of nitrogens with one attached hydrogen (secondary N) is 3. The van der Waals surface area contributed by atoms with Crippen LogP contribution in [0.25, 0.3) is 22.2 Å². The monoisotopic (exact) mass is 396 g/mol. The standard InChI is InChI=1S/C22H20N8/c1-2-6-15-12-30(10-9-14(15)5-1)22-28-19-20(24-13-25-21(19)29-22)23-11-18-26-16-7-3-4-8-17(16)27-18/h1-8,13H,9-12H2,(H,26,27)(H2,23,24,25,28,29). The maximum absolute atomic E-state index is 4.72. The van der Waals surface area contributed by atoms with Crippen molar-refractivity contribution in [3.05, 3.63) is 71.8 Å². The van der Waals surface area contributed by atoms with E-state index in [2.05, 4.69) is 59.4 Å². The third kappa shape index (κ3) is 2.93. The summed E-state index contributed by atoms with van der Waals surface area (Å²) in [4.78, 5) is 27.1. The summed E-state index contributed by atoms with van der Waals surface area (Å²) in [5.41, 5.74) is 6.21. The van der Waals surface area contributed by atoms with Gasteiger partial charge in [-0.3, -0.25) is 0 Å². The number of benzene rings is 2.